The molecular formula is C53H56N20O11. The third-order valence-corrected chi connectivity index (χ3v) is 11.9. The van der Waals surface area contributed by atoms with Crippen LogP contribution in [0.15, 0.2) is 92.3 Å². The van der Waals surface area contributed by atoms with E-state index in [-0.39, 0.29) is 29.0 Å². The molecule has 0 atom stereocenters. The van der Waals surface area contributed by atoms with Gasteiger partial charge in [0.15, 0.2) is 11.4 Å². The smallest absolute Gasteiger partial charge is 0.354 e. The van der Waals surface area contributed by atoms with Gasteiger partial charge in [-0.15, -0.1) is 0 Å². The number of ketones is 3. The highest BCUT2D eigenvalue weighted by Gasteiger charge is 2.23. The van der Waals surface area contributed by atoms with Crippen LogP contribution in [0.5, 0.6) is 6.01 Å². The molecule has 0 saturated heterocycles. The fourth-order valence-electron chi connectivity index (χ4n) is 7.94. The van der Waals surface area contributed by atoms with E-state index in [1.807, 2.05) is 19.9 Å². The number of ether oxygens (including phenoxy) is 1. The highest BCUT2D eigenvalue weighted by Crippen LogP contribution is 2.27. The Bertz CT molecular complexity index is 3980. The molecule has 0 saturated carbocycles. The maximum Gasteiger partial charge on any atom is 0.354 e. The number of hydrogen-bond acceptors (Lipinski definition) is 24. The molecule has 0 fully saturated rings. The molecule has 10 aromatic rings. The van der Waals surface area contributed by atoms with E-state index in [0.717, 1.165) is 11.1 Å². The number of methoxy groups -OCH3 is 1. The fourth-order valence-corrected chi connectivity index (χ4v) is 7.94. The summed E-state index contributed by atoms with van der Waals surface area (Å²) in [7, 11) is 9.56. The molecule has 0 bridgehead atoms. The zero-order chi connectivity index (χ0) is 61.4. The minimum absolute atomic E-state index is 0.114. The van der Waals surface area contributed by atoms with Gasteiger partial charge in [-0.05, 0) is 69.2 Å². The van der Waals surface area contributed by atoms with Gasteiger partial charge < -0.3 is 30.3 Å². The molecule has 434 valence electrons. The van der Waals surface area contributed by atoms with Gasteiger partial charge in [-0.3, -0.25) is 37.8 Å². The molecule has 84 heavy (non-hydrogen) atoms. The van der Waals surface area contributed by atoms with Gasteiger partial charge in [-0.25, -0.2) is 34.5 Å². The predicted octanol–water partition coefficient (Wildman–Crippen LogP) is 2.55. The summed E-state index contributed by atoms with van der Waals surface area (Å²) < 4.78 is 11.8. The van der Waals surface area contributed by atoms with E-state index in [1.165, 1.54) is 55.3 Å². The van der Waals surface area contributed by atoms with Gasteiger partial charge in [0.1, 0.15) is 48.6 Å². The number of carboxylic acid groups (broad SMARTS) is 2. The molecule has 0 aliphatic carbocycles. The first kappa shape index (κ1) is 62.3. The van der Waals surface area contributed by atoms with Gasteiger partial charge in [-0.2, -0.15) is 50.9 Å². The van der Waals surface area contributed by atoms with Gasteiger partial charge in [0.05, 0.1) is 83.3 Å². The maximum absolute atomic E-state index is 11.7. The summed E-state index contributed by atoms with van der Waals surface area (Å²) in [5.41, 5.74) is 8.61. The number of hydrogen-bond donors (Lipinski definition) is 5. The van der Waals surface area contributed by atoms with Crippen molar-refractivity contribution in [3.05, 3.63) is 144 Å². The fraction of sp³-hybridized carbons (Fsp3) is 0.245. The summed E-state index contributed by atoms with van der Waals surface area (Å²) in [5.74, 6) is -2.01. The van der Waals surface area contributed by atoms with Crippen molar-refractivity contribution in [2.45, 2.75) is 27.7 Å². The van der Waals surface area contributed by atoms with Gasteiger partial charge >= 0.3 is 17.9 Å². The number of aromatic nitrogens is 20. The van der Waals surface area contributed by atoms with E-state index in [1.54, 1.807) is 111 Å². The lowest BCUT2D eigenvalue weighted by Crippen LogP contribution is -2.12. The van der Waals surface area contributed by atoms with Crippen molar-refractivity contribution in [1.29, 1.82) is 0 Å². The van der Waals surface area contributed by atoms with E-state index in [4.69, 9.17) is 30.3 Å². The Labute approximate surface area is 477 Å². The standard InChI is InChI=1S/C11H12N4O3.2C11H12N4O2.2C10H10N4O2/c1-15-10(9(17)6-16)7(5-13-15)8-3-4-12-11(14-8)18-2;1-7-12-4-3-9(14-7)8-5-13-15(2)11(8)10(17)6-16;1-7-3-4-12-14-10(7)8-5-13-15(2)11(8)9(17)6-16;1-6-11-4-3-8(13-6)7-5-12-14(2)9(7)10(15)16;1-6-3-4-11-13-8(6)7-5-12-14(2)9(7)10(15)16/h3-5,16H,6H2,1-2H3;2*3-5,16H,6H2,1-2H3;2*3-5H,1-2H3,(H,15,16). The second-order valence-electron chi connectivity index (χ2n) is 17.5. The summed E-state index contributed by atoms with van der Waals surface area (Å²) in [6, 6.07) is 8.81. The minimum Gasteiger partial charge on any atom is -0.477 e. The van der Waals surface area contributed by atoms with Gasteiger partial charge in [0.2, 0.25) is 17.3 Å². The first-order valence-corrected chi connectivity index (χ1v) is 24.7. The molecule has 0 aromatic carbocycles. The predicted molar refractivity (Wildman–Crippen MR) is 295 cm³/mol. The van der Waals surface area contributed by atoms with Crippen LogP contribution in [0.25, 0.3) is 56.3 Å². The molecule has 10 aromatic heterocycles. The molecule has 0 amide bonds. The van der Waals surface area contributed by atoms with E-state index < -0.39 is 37.5 Å². The van der Waals surface area contributed by atoms with Gasteiger partial charge in [-0.1, -0.05) is 0 Å². The second kappa shape index (κ2) is 28.5. The number of carbonyl (C=O) groups excluding carboxylic acids is 3. The van der Waals surface area contributed by atoms with Crippen LogP contribution in [-0.4, -0.2) is 181 Å². The van der Waals surface area contributed by atoms with Crippen LogP contribution >= 0.6 is 0 Å². The lowest BCUT2D eigenvalue weighted by molar-refractivity contribution is 0.0675. The number of Topliss-reactive ketones (excluding diaryl/α,β-unsaturated/α-hetero) is 3. The van der Waals surface area contributed by atoms with E-state index in [2.05, 4.69) is 75.8 Å². The van der Waals surface area contributed by atoms with Gasteiger partial charge in [0, 0.05) is 77.3 Å². The van der Waals surface area contributed by atoms with E-state index in [0.29, 0.717) is 85.0 Å². The lowest BCUT2D eigenvalue weighted by atomic mass is 10.1. The van der Waals surface area contributed by atoms with E-state index >= 15 is 0 Å². The Morgan fingerprint density at radius 1 is 0.429 bits per heavy atom. The van der Waals surface area contributed by atoms with Crippen molar-refractivity contribution in [3.63, 3.8) is 0 Å². The number of aliphatic hydroxyl groups excluding tert-OH is 3. The molecule has 0 radical (unpaired) electrons. The number of aliphatic hydroxyl groups is 3. The van der Waals surface area contributed by atoms with Crippen molar-refractivity contribution in [2.75, 3.05) is 26.9 Å². The van der Waals surface area contributed by atoms with Crippen molar-refractivity contribution >= 4 is 29.3 Å². The topological polar surface area (TPSA) is 414 Å². The highest BCUT2D eigenvalue weighted by molar-refractivity contribution is 6.02. The molecule has 0 spiro atoms. The Balaban J connectivity index is 0.000000168. The van der Waals surface area contributed by atoms with Crippen LogP contribution < -0.4 is 4.74 Å². The summed E-state index contributed by atoms with van der Waals surface area (Å²) in [4.78, 5) is 81.4. The highest BCUT2D eigenvalue weighted by atomic mass is 16.5. The molecule has 0 aliphatic heterocycles. The Hall–Kier alpha value is -10.9. The van der Waals surface area contributed by atoms with Crippen molar-refractivity contribution in [2.24, 2.45) is 35.2 Å². The zero-order valence-corrected chi connectivity index (χ0v) is 46.9. The molecule has 31 nitrogen and oxygen atoms in total. The monoisotopic (exact) mass is 1150 g/mol. The molecule has 10 rings (SSSR count). The summed E-state index contributed by atoms with van der Waals surface area (Å²) in [5, 5.41) is 80.3. The molecule has 31 heteroatoms. The van der Waals surface area contributed by atoms with Crippen LogP contribution in [-0.2, 0) is 35.2 Å². The largest absolute Gasteiger partial charge is 0.477 e. The Kier molecular flexibility index (Phi) is 21.1. The first-order chi connectivity index (χ1) is 40.1. The number of nitrogens with zero attached hydrogens (tertiary/aromatic N) is 20. The summed E-state index contributed by atoms with van der Waals surface area (Å²) in [6.45, 7) is 5.58. The lowest BCUT2D eigenvalue weighted by Gasteiger charge is -2.04. The zero-order valence-electron chi connectivity index (χ0n) is 46.9. The molecular weight excluding hydrogens is 1090 g/mol. The Morgan fingerprint density at radius 3 is 1.08 bits per heavy atom. The third kappa shape index (κ3) is 14.7. The summed E-state index contributed by atoms with van der Waals surface area (Å²) in [6.07, 6.45) is 15.5. The van der Waals surface area contributed by atoms with Crippen molar-refractivity contribution in [3.8, 4) is 62.3 Å². The number of carbonyl (C=O) groups is 5. The normalized spacial score (nSPS) is 10.4. The number of carboxylic acids is 2. The van der Waals surface area contributed by atoms with Crippen molar-refractivity contribution in [1.82, 2.24) is 99.2 Å². The third-order valence-electron chi connectivity index (χ3n) is 11.9. The number of aryl methyl sites for hydroxylation is 9. The maximum atomic E-state index is 11.7. The van der Waals surface area contributed by atoms with Crippen LogP contribution in [0.3, 0.4) is 0 Å². The molecule has 0 aliphatic rings. The average Bonchev–Trinajstić information content (AvgIpc) is 4.10. The second-order valence-corrected chi connectivity index (χ2v) is 17.5. The SMILES string of the molecule is COc1nccc(-c2cnn(C)c2C(=O)CO)n1.Cc1ccnnc1-c1cnn(C)c1C(=O)CO.Cc1ccnnc1-c1cnn(C)c1C(=O)O.Cc1nccc(-c2cnn(C)c2C(=O)CO)n1.Cc1nccc(-c2cnn(C)c2C(=O)O)n1. The average molecular weight is 1150 g/mol. The molecule has 5 N–H and O–H groups in total. The van der Waals surface area contributed by atoms with Crippen LogP contribution in [0.2, 0.25) is 0 Å². The first-order valence-electron chi connectivity index (χ1n) is 24.7. The summed E-state index contributed by atoms with van der Waals surface area (Å²) >= 11 is 0. The van der Waals surface area contributed by atoms with E-state index in [9.17, 15) is 24.0 Å². The van der Waals surface area contributed by atoms with Crippen LogP contribution in [0, 0.1) is 27.7 Å². The number of rotatable bonds is 14. The molecule has 10 heterocycles. The Morgan fingerprint density at radius 2 is 0.738 bits per heavy atom. The van der Waals surface area contributed by atoms with Crippen LogP contribution in [0.1, 0.15) is 75.2 Å². The van der Waals surface area contributed by atoms with Crippen LogP contribution in [0.4, 0.5) is 0 Å². The quantitative estimate of drug-likeness (QED) is 0.0977. The molecule has 0 unspecified atom stereocenters. The number of aromatic carboxylic acids is 2. The van der Waals surface area contributed by atoms with Crippen molar-refractivity contribution < 1.29 is 54.2 Å². The minimum atomic E-state index is -1.03. The van der Waals surface area contributed by atoms with Gasteiger partial charge in [0.25, 0.3) is 0 Å².